The van der Waals surface area contributed by atoms with Crippen molar-refractivity contribution in [2.75, 3.05) is 20.8 Å². The van der Waals surface area contributed by atoms with Gasteiger partial charge in [0.1, 0.15) is 5.82 Å². The Bertz CT molecular complexity index is 982. The second kappa shape index (κ2) is 7.18. The quantitative estimate of drug-likeness (QED) is 0.682. The average Bonchev–Trinajstić information content (AvgIpc) is 3.08. The summed E-state index contributed by atoms with van der Waals surface area (Å²) in [5, 5.41) is 0. The first-order valence-corrected chi connectivity index (χ1v) is 7.77. The molecule has 1 aromatic heterocycles. The number of methoxy groups -OCH3 is 2. The van der Waals surface area contributed by atoms with Gasteiger partial charge in [-0.15, -0.1) is 0 Å². The van der Waals surface area contributed by atoms with Gasteiger partial charge in [-0.3, -0.25) is 0 Å². The van der Waals surface area contributed by atoms with Crippen LogP contribution in [0, 0.1) is 0 Å². The van der Waals surface area contributed by atoms with Crippen molar-refractivity contribution in [2.24, 2.45) is 0 Å². The molecule has 0 spiro atoms. The standard InChI is InChI=1S/C18H15F3N2O4/c1-25-15-7-10(3-6-14(15)27-9-16(24)26-2)17-22-12-5-4-11(18(19,20)21)8-13(12)23-17/h3-8H,9H2,1-2H3,(H,22,23). The summed E-state index contributed by atoms with van der Waals surface area (Å²) in [6, 6.07) is 8.13. The number of esters is 1. The molecule has 0 saturated heterocycles. The van der Waals surface area contributed by atoms with Crippen molar-refractivity contribution in [3.05, 3.63) is 42.0 Å². The van der Waals surface area contributed by atoms with Crippen molar-refractivity contribution in [1.82, 2.24) is 9.97 Å². The molecular weight excluding hydrogens is 365 g/mol. The SMILES string of the molecule is COC(=O)COc1ccc(-c2nc3ccc(C(F)(F)F)cc3[nH]2)cc1OC. The number of rotatable bonds is 5. The second-order valence-electron chi connectivity index (χ2n) is 5.55. The normalized spacial score (nSPS) is 11.4. The van der Waals surface area contributed by atoms with Gasteiger partial charge >= 0.3 is 12.1 Å². The highest BCUT2D eigenvalue weighted by Gasteiger charge is 2.30. The summed E-state index contributed by atoms with van der Waals surface area (Å²) in [6.07, 6.45) is -4.43. The molecule has 0 fully saturated rings. The summed E-state index contributed by atoms with van der Waals surface area (Å²) in [5.41, 5.74) is 0.504. The van der Waals surface area contributed by atoms with E-state index in [4.69, 9.17) is 9.47 Å². The number of hydrogen-bond acceptors (Lipinski definition) is 5. The number of aromatic nitrogens is 2. The monoisotopic (exact) mass is 380 g/mol. The molecule has 0 radical (unpaired) electrons. The predicted octanol–water partition coefficient (Wildman–Crippen LogP) is 3.81. The van der Waals surface area contributed by atoms with E-state index in [1.807, 2.05) is 0 Å². The highest BCUT2D eigenvalue weighted by molar-refractivity contribution is 5.80. The smallest absolute Gasteiger partial charge is 0.416 e. The van der Waals surface area contributed by atoms with Gasteiger partial charge in [-0.2, -0.15) is 13.2 Å². The molecule has 0 aliphatic rings. The van der Waals surface area contributed by atoms with Crippen molar-refractivity contribution in [3.63, 3.8) is 0 Å². The molecule has 1 N–H and O–H groups in total. The number of carbonyl (C=O) groups excluding carboxylic acids is 1. The van der Waals surface area contributed by atoms with E-state index in [1.54, 1.807) is 18.2 Å². The van der Waals surface area contributed by atoms with Gasteiger partial charge in [0.2, 0.25) is 0 Å². The predicted molar refractivity (Wildman–Crippen MR) is 90.6 cm³/mol. The first-order chi connectivity index (χ1) is 12.8. The number of halogens is 3. The maximum Gasteiger partial charge on any atom is 0.416 e. The van der Waals surface area contributed by atoms with E-state index in [0.717, 1.165) is 12.1 Å². The van der Waals surface area contributed by atoms with Crippen LogP contribution in [0.15, 0.2) is 36.4 Å². The maximum absolute atomic E-state index is 12.8. The molecule has 3 aromatic rings. The molecule has 142 valence electrons. The number of imidazole rings is 1. The fraction of sp³-hybridized carbons (Fsp3) is 0.222. The fourth-order valence-corrected chi connectivity index (χ4v) is 2.45. The topological polar surface area (TPSA) is 73.4 Å². The molecule has 2 aromatic carbocycles. The van der Waals surface area contributed by atoms with Gasteiger partial charge < -0.3 is 19.2 Å². The average molecular weight is 380 g/mol. The lowest BCUT2D eigenvalue weighted by molar-refractivity contribution is -0.143. The van der Waals surface area contributed by atoms with E-state index in [1.165, 1.54) is 20.3 Å². The van der Waals surface area contributed by atoms with Gasteiger partial charge in [-0.05, 0) is 36.4 Å². The number of nitrogens with zero attached hydrogens (tertiary/aromatic N) is 1. The van der Waals surface area contributed by atoms with E-state index < -0.39 is 17.7 Å². The van der Waals surface area contributed by atoms with Crippen molar-refractivity contribution >= 4 is 17.0 Å². The molecule has 27 heavy (non-hydrogen) atoms. The van der Waals surface area contributed by atoms with Gasteiger partial charge in [-0.25, -0.2) is 9.78 Å². The van der Waals surface area contributed by atoms with Crippen LogP contribution >= 0.6 is 0 Å². The number of fused-ring (bicyclic) bond motifs is 1. The van der Waals surface area contributed by atoms with Crippen LogP contribution in [0.25, 0.3) is 22.4 Å². The van der Waals surface area contributed by atoms with Crippen molar-refractivity contribution in [1.29, 1.82) is 0 Å². The number of benzene rings is 2. The van der Waals surface area contributed by atoms with Crippen LogP contribution in [0.1, 0.15) is 5.56 Å². The number of nitrogens with one attached hydrogen (secondary N) is 1. The van der Waals surface area contributed by atoms with Crippen LogP contribution in [0.2, 0.25) is 0 Å². The summed E-state index contributed by atoms with van der Waals surface area (Å²) in [4.78, 5) is 18.4. The molecular formula is C18H15F3N2O4. The Balaban J connectivity index is 1.92. The van der Waals surface area contributed by atoms with Gasteiger partial charge in [0.15, 0.2) is 18.1 Å². The molecule has 3 rings (SSSR count). The highest BCUT2D eigenvalue weighted by atomic mass is 19.4. The van der Waals surface area contributed by atoms with Gasteiger partial charge in [0.05, 0.1) is 30.8 Å². The number of hydrogen-bond donors (Lipinski definition) is 1. The summed E-state index contributed by atoms with van der Waals surface area (Å²) in [7, 11) is 2.68. The molecule has 0 unspecified atom stereocenters. The second-order valence-corrected chi connectivity index (χ2v) is 5.55. The Morgan fingerprint density at radius 2 is 1.89 bits per heavy atom. The Morgan fingerprint density at radius 1 is 1.11 bits per heavy atom. The molecule has 0 aliphatic carbocycles. The van der Waals surface area contributed by atoms with Crippen molar-refractivity contribution in [2.45, 2.75) is 6.18 Å². The first-order valence-electron chi connectivity index (χ1n) is 7.77. The third-order valence-corrected chi connectivity index (χ3v) is 3.82. The van der Waals surface area contributed by atoms with Crippen LogP contribution < -0.4 is 9.47 Å². The minimum Gasteiger partial charge on any atom is -0.493 e. The van der Waals surface area contributed by atoms with E-state index in [9.17, 15) is 18.0 Å². The molecule has 9 heteroatoms. The Kier molecular flexibility index (Phi) is 4.93. The number of H-pyrrole nitrogens is 1. The van der Waals surface area contributed by atoms with Crippen LogP contribution in [0.3, 0.4) is 0 Å². The lowest BCUT2D eigenvalue weighted by Gasteiger charge is -2.10. The van der Waals surface area contributed by atoms with Gasteiger partial charge in [-0.1, -0.05) is 0 Å². The number of alkyl halides is 3. The molecule has 0 amide bonds. The zero-order chi connectivity index (χ0) is 19.6. The first kappa shape index (κ1) is 18.6. The van der Waals surface area contributed by atoms with E-state index in [-0.39, 0.29) is 12.1 Å². The minimum absolute atomic E-state index is 0.268. The highest BCUT2D eigenvalue weighted by Crippen LogP contribution is 2.34. The third kappa shape index (κ3) is 3.97. The largest absolute Gasteiger partial charge is 0.493 e. The fourth-order valence-electron chi connectivity index (χ4n) is 2.45. The molecule has 0 aliphatic heterocycles. The van der Waals surface area contributed by atoms with E-state index >= 15 is 0 Å². The number of aromatic amines is 1. The molecule has 1 heterocycles. The number of carbonyl (C=O) groups is 1. The van der Waals surface area contributed by atoms with Crippen LogP contribution in [0.4, 0.5) is 13.2 Å². The molecule has 0 bridgehead atoms. The van der Waals surface area contributed by atoms with Crippen molar-refractivity contribution < 1.29 is 32.2 Å². The third-order valence-electron chi connectivity index (χ3n) is 3.82. The van der Waals surface area contributed by atoms with Crippen LogP contribution in [-0.2, 0) is 15.7 Å². The van der Waals surface area contributed by atoms with Crippen LogP contribution in [-0.4, -0.2) is 36.8 Å². The summed E-state index contributed by atoms with van der Waals surface area (Å²) in [6.45, 7) is -0.281. The summed E-state index contributed by atoms with van der Waals surface area (Å²) >= 11 is 0. The van der Waals surface area contributed by atoms with E-state index in [2.05, 4.69) is 14.7 Å². The lowest BCUT2D eigenvalue weighted by atomic mass is 10.2. The Labute approximate surface area is 151 Å². The molecule has 0 saturated carbocycles. The summed E-state index contributed by atoms with van der Waals surface area (Å²) in [5.74, 6) is 0.496. The maximum atomic E-state index is 12.8. The minimum atomic E-state index is -4.43. The Morgan fingerprint density at radius 3 is 2.56 bits per heavy atom. The zero-order valence-corrected chi connectivity index (χ0v) is 14.4. The van der Waals surface area contributed by atoms with Gasteiger partial charge in [0, 0.05) is 5.56 Å². The van der Waals surface area contributed by atoms with E-state index in [0.29, 0.717) is 28.4 Å². The number of ether oxygens (including phenoxy) is 3. The molecule has 6 nitrogen and oxygen atoms in total. The van der Waals surface area contributed by atoms with Gasteiger partial charge in [0.25, 0.3) is 0 Å². The zero-order valence-electron chi connectivity index (χ0n) is 14.4. The summed E-state index contributed by atoms with van der Waals surface area (Å²) < 4.78 is 53.6. The van der Waals surface area contributed by atoms with Crippen LogP contribution in [0.5, 0.6) is 11.5 Å². The molecule has 0 atom stereocenters. The Hall–Kier alpha value is -3.23. The lowest BCUT2D eigenvalue weighted by Crippen LogP contribution is -2.12. The van der Waals surface area contributed by atoms with Crippen molar-refractivity contribution in [3.8, 4) is 22.9 Å².